The first kappa shape index (κ1) is 16.2. The molecule has 0 aliphatic carbocycles. The smallest absolute Gasteiger partial charge is 0.123 e. The minimum absolute atomic E-state index is 0.244. The van der Waals surface area contributed by atoms with Gasteiger partial charge >= 0.3 is 0 Å². The molecule has 3 aromatic rings. The molecule has 0 fully saturated rings. The zero-order valence-corrected chi connectivity index (χ0v) is 14.9. The zero-order valence-electron chi connectivity index (χ0n) is 13.4. The van der Waals surface area contributed by atoms with Crippen LogP contribution in [0.1, 0.15) is 29.1 Å². The van der Waals surface area contributed by atoms with Crippen molar-refractivity contribution in [2.75, 3.05) is 0 Å². The fourth-order valence-electron chi connectivity index (χ4n) is 2.45. The van der Waals surface area contributed by atoms with E-state index < -0.39 is 0 Å². The molecule has 0 saturated heterocycles. The summed E-state index contributed by atoms with van der Waals surface area (Å²) in [6.45, 7) is 5.03. The van der Waals surface area contributed by atoms with Crippen LogP contribution in [-0.4, -0.2) is 14.8 Å². The molecule has 0 saturated carbocycles. The summed E-state index contributed by atoms with van der Waals surface area (Å²) < 4.78 is 1.82. The van der Waals surface area contributed by atoms with Gasteiger partial charge in [0.2, 0.25) is 0 Å². The van der Waals surface area contributed by atoms with Crippen molar-refractivity contribution in [2.24, 2.45) is 7.05 Å². The minimum atomic E-state index is 0.244. The molecule has 1 atom stereocenters. The van der Waals surface area contributed by atoms with E-state index in [-0.39, 0.29) is 6.04 Å². The summed E-state index contributed by atoms with van der Waals surface area (Å²) in [6.07, 6.45) is 3.91. The van der Waals surface area contributed by atoms with Gasteiger partial charge in [-0.15, -0.1) is 11.3 Å². The largest absolute Gasteiger partial charge is 0.305 e. The van der Waals surface area contributed by atoms with E-state index in [9.17, 15) is 0 Å². The topological polar surface area (TPSA) is 42.7 Å². The highest BCUT2D eigenvalue weighted by Gasteiger charge is 2.15. The highest BCUT2D eigenvalue weighted by molar-refractivity contribution is 7.15. The second-order valence-electron chi connectivity index (χ2n) is 5.60. The lowest BCUT2D eigenvalue weighted by atomic mass is 10.2. The van der Waals surface area contributed by atoms with E-state index in [4.69, 9.17) is 16.6 Å². The number of benzene rings is 1. The van der Waals surface area contributed by atoms with Crippen LogP contribution in [0.4, 0.5) is 0 Å². The number of thiazole rings is 1. The van der Waals surface area contributed by atoms with Gasteiger partial charge in [-0.1, -0.05) is 23.7 Å². The molecule has 0 aliphatic rings. The van der Waals surface area contributed by atoms with Gasteiger partial charge in [-0.05, 0) is 26.0 Å². The van der Waals surface area contributed by atoms with Crippen LogP contribution in [0.5, 0.6) is 0 Å². The third-order valence-corrected chi connectivity index (χ3v) is 5.33. The first-order valence-electron chi connectivity index (χ1n) is 7.47. The third kappa shape index (κ3) is 3.80. The molecule has 4 nitrogen and oxygen atoms in total. The fourth-order valence-corrected chi connectivity index (χ4v) is 3.68. The second kappa shape index (κ2) is 6.83. The Kier molecular flexibility index (Phi) is 4.80. The van der Waals surface area contributed by atoms with Crippen molar-refractivity contribution in [1.82, 2.24) is 20.1 Å². The van der Waals surface area contributed by atoms with Crippen molar-refractivity contribution in [1.29, 1.82) is 0 Å². The van der Waals surface area contributed by atoms with E-state index in [0.717, 1.165) is 27.8 Å². The molecule has 0 amide bonds. The van der Waals surface area contributed by atoms with Crippen LogP contribution in [0.3, 0.4) is 0 Å². The van der Waals surface area contributed by atoms with Gasteiger partial charge in [-0.25, -0.2) is 4.98 Å². The maximum Gasteiger partial charge on any atom is 0.123 e. The van der Waals surface area contributed by atoms with Crippen molar-refractivity contribution >= 4 is 22.9 Å². The predicted molar refractivity (Wildman–Crippen MR) is 95.8 cm³/mol. The van der Waals surface area contributed by atoms with Crippen LogP contribution in [0, 0.1) is 6.92 Å². The van der Waals surface area contributed by atoms with Gasteiger partial charge in [0.15, 0.2) is 0 Å². The number of nitrogens with zero attached hydrogens (tertiary/aromatic N) is 3. The van der Waals surface area contributed by atoms with Crippen LogP contribution in [-0.2, 0) is 13.6 Å². The lowest BCUT2D eigenvalue weighted by Crippen LogP contribution is -2.17. The van der Waals surface area contributed by atoms with Crippen molar-refractivity contribution in [3.8, 4) is 10.6 Å². The molecular weight excluding hydrogens is 328 g/mol. The van der Waals surface area contributed by atoms with Crippen LogP contribution in [0.25, 0.3) is 10.6 Å². The first-order chi connectivity index (χ1) is 11.0. The predicted octanol–water partition coefficient (Wildman–Crippen LogP) is 4.36. The Balaban J connectivity index is 1.73. The molecule has 0 aliphatic heterocycles. The van der Waals surface area contributed by atoms with Crippen molar-refractivity contribution in [2.45, 2.75) is 26.4 Å². The van der Waals surface area contributed by atoms with E-state index in [1.165, 1.54) is 10.4 Å². The average Bonchev–Trinajstić information content (AvgIpc) is 3.11. The molecule has 0 radical (unpaired) electrons. The van der Waals surface area contributed by atoms with Crippen molar-refractivity contribution < 1.29 is 0 Å². The minimum Gasteiger partial charge on any atom is -0.305 e. The van der Waals surface area contributed by atoms with Gasteiger partial charge in [0.25, 0.3) is 0 Å². The Hall–Kier alpha value is -1.69. The molecule has 6 heteroatoms. The van der Waals surface area contributed by atoms with E-state index in [2.05, 4.69) is 24.3 Å². The molecule has 0 spiro atoms. The monoisotopic (exact) mass is 346 g/mol. The quantitative estimate of drug-likeness (QED) is 0.746. The lowest BCUT2D eigenvalue weighted by molar-refractivity contribution is 0.579. The zero-order chi connectivity index (χ0) is 16.4. The van der Waals surface area contributed by atoms with Crippen LogP contribution in [0.2, 0.25) is 5.02 Å². The van der Waals surface area contributed by atoms with Crippen LogP contribution >= 0.6 is 22.9 Å². The molecule has 23 heavy (non-hydrogen) atoms. The number of halogens is 1. The number of aryl methyl sites for hydroxylation is 2. The summed E-state index contributed by atoms with van der Waals surface area (Å²) in [4.78, 5) is 5.97. The van der Waals surface area contributed by atoms with Crippen LogP contribution in [0.15, 0.2) is 36.7 Å². The summed E-state index contributed by atoms with van der Waals surface area (Å²) >= 11 is 7.68. The SMILES string of the molecule is Cc1nc(-c2ccc(Cl)cc2)sc1C(C)NCc1cnn(C)c1. The summed E-state index contributed by atoms with van der Waals surface area (Å²) in [7, 11) is 1.93. The fraction of sp³-hybridized carbons (Fsp3) is 0.294. The Morgan fingerprint density at radius 2 is 2.04 bits per heavy atom. The highest BCUT2D eigenvalue weighted by atomic mass is 35.5. The van der Waals surface area contributed by atoms with Crippen LogP contribution < -0.4 is 5.32 Å². The molecule has 2 heterocycles. The molecule has 1 aromatic carbocycles. The van der Waals surface area contributed by atoms with Crippen molar-refractivity contribution in [3.05, 3.63) is 57.8 Å². The van der Waals surface area contributed by atoms with Crippen molar-refractivity contribution in [3.63, 3.8) is 0 Å². The normalized spacial score (nSPS) is 12.5. The molecule has 0 bridgehead atoms. The molecule has 120 valence electrons. The Morgan fingerprint density at radius 3 is 2.70 bits per heavy atom. The number of rotatable bonds is 5. The molecule has 1 N–H and O–H groups in total. The van der Waals surface area contributed by atoms with Gasteiger partial charge < -0.3 is 5.32 Å². The van der Waals surface area contributed by atoms with E-state index in [1.807, 2.05) is 48.4 Å². The number of hydrogen-bond acceptors (Lipinski definition) is 4. The molecule has 3 rings (SSSR count). The first-order valence-corrected chi connectivity index (χ1v) is 8.66. The summed E-state index contributed by atoms with van der Waals surface area (Å²) in [5.41, 5.74) is 3.36. The van der Waals surface area contributed by atoms with Gasteiger partial charge in [0, 0.05) is 46.9 Å². The molecule has 1 unspecified atom stereocenters. The maximum absolute atomic E-state index is 5.95. The van der Waals surface area contributed by atoms with Gasteiger partial charge in [0.1, 0.15) is 5.01 Å². The highest BCUT2D eigenvalue weighted by Crippen LogP contribution is 2.32. The molecule has 2 aromatic heterocycles. The van der Waals surface area contributed by atoms with Gasteiger partial charge in [0.05, 0.1) is 11.9 Å². The number of hydrogen-bond donors (Lipinski definition) is 1. The Labute approximate surface area is 145 Å². The Morgan fingerprint density at radius 1 is 1.30 bits per heavy atom. The van der Waals surface area contributed by atoms with E-state index in [1.54, 1.807) is 11.3 Å². The summed E-state index contributed by atoms with van der Waals surface area (Å²) in [5.74, 6) is 0. The average molecular weight is 347 g/mol. The van der Waals surface area contributed by atoms with Gasteiger partial charge in [-0.3, -0.25) is 4.68 Å². The molecular formula is C17H19ClN4S. The van der Waals surface area contributed by atoms with E-state index in [0.29, 0.717) is 0 Å². The standard InChI is InChI=1S/C17H19ClN4S/c1-11(19-8-13-9-20-22(3)10-13)16-12(2)21-17(23-16)14-4-6-15(18)7-5-14/h4-7,9-11,19H,8H2,1-3H3. The maximum atomic E-state index is 5.95. The number of aromatic nitrogens is 3. The lowest BCUT2D eigenvalue weighted by Gasteiger charge is -2.11. The van der Waals surface area contributed by atoms with E-state index >= 15 is 0 Å². The number of nitrogens with one attached hydrogen (secondary N) is 1. The third-order valence-electron chi connectivity index (χ3n) is 3.69. The Bertz CT molecular complexity index is 791. The van der Waals surface area contributed by atoms with Gasteiger partial charge in [-0.2, -0.15) is 5.10 Å². The second-order valence-corrected chi connectivity index (χ2v) is 7.07. The summed E-state index contributed by atoms with van der Waals surface area (Å²) in [5, 5.41) is 9.51. The summed E-state index contributed by atoms with van der Waals surface area (Å²) in [6, 6.07) is 8.07.